The number of hydrogen-bond acceptors (Lipinski definition) is 8. The van der Waals surface area contributed by atoms with Crippen molar-refractivity contribution >= 4 is 17.5 Å². The minimum atomic E-state index is -0.537. The summed E-state index contributed by atoms with van der Waals surface area (Å²) in [6.45, 7) is 12.1. The molecule has 3 aliphatic rings. The maximum Gasteiger partial charge on any atom is 0.410 e. The van der Waals surface area contributed by atoms with Crippen LogP contribution in [-0.4, -0.2) is 79.9 Å². The van der Waals surface area contributed by atoms with Gasteiger partial charge in [0.25, 0.3) is 5.56 Å². The van der Waals surface area contributed by atoms with Crippen LogP contribution in [0.4, 0.5) is 16.2 Å². The van der Waals surface area contributed by atoms with Crippen LogP contribution in [0.5, 0.6) is 0 Å². The van der Waals surface area contributed by atoms with Crippen molar-refractivity contribution in [3.05, 3.63) is 53.3 Å². The molecule has 3 aromatic heterocycles. The van der Waals surface area contributed by atoms with Crippen molar-refractivity contribution in [2.24, 2.45) is 5.92 Å². The molecule has 2 aliphatic heterocycles. The molecule has 1 saturated carbocycles. The first-order chi connectivity index (χ1) is 20.6. The van der Waals surface area contributed by atoms with E-state index in [1.165, 1.54) is 25.7 Å². The van der Waals surface area contributed by atoms with Gasteiger partial charge in [0.15, 0.2) is 0 Å². The van der Waals surface area contributed by atoms with Crippen molar-refractivity contribution in [3.63, 3.8) is 0 Å². The third-order valence-electron chi connectivity index (χ3n) is 8.98. The Kier molecular flexibility index (Phi) is 8.15. The van der Waals surface area contributed by atoms with Crippen LogP contribution in [0.25, 0.3) is 11.3 Å². The third kappa shape index (κ3) is 6.55. The Morgan fingerprint density at radius 2 is 1.84 bits per heavy atom. The number of nitrogens with zero attached hydrogens (tertiary/aromatic N) is 8. The Hall–Kier alpha value is -3.89. The number of carbonyl (C=O) groups excluding carboxylic acids is 1. The Bertz CT molecular complexity index is 1490. The van der Waals surface area contributed by atoms with Crippen LogP contribution in [0, 0.1) is 5.92 Å². The molecule has 1 aliphatic carbocycles. The van der Waals surface area contributed by atoms with Crippen LogP contribution >= 0.6 is 0 Å². The summed E-state index contributed by atoms with van der Waals surface area (Å²) >= 11 is 0. The second-order valence-electron chi connectivity index (χ2n) is 13.3. The predicted octanol–water partition coefficient (Wildman–Crippen LogP) is 4.78. The molecule has 2 saturated heterocycles. The van der Waals surface area contributed by atoms with Gasteiger partial charge in [0.05, 0.1) is 24.1 Å². The van der Waals surface area contributed by atoms with Crippen molar-refractivity contribution in [3.8, 4) is 11.3 Å². The fourth-order valence-electron chi connectivity index (χ4n) is 6.11. The minimum Gasteiger partial charge on any atom is -0.444 e. The average molecular weight is 589 g/mol. The molecule has 0 spiro atoms. The largest absolute Gasteiger partial charge is 0.444 e. The van der Waals surface area contributed by atoms with E-state index in [9.17, 15) is 9.59 Å². The van der Waals surface area contributed by atoms with E-state index in [1.54, 1.807) is 21.5 Å². The SMILES string of the molecule is CC(n1cc(-c2cncc(N3CCC3)c2)nn1)n1ccc(N2CCC[C@@H](N(CC3CCC3)C(=O)OC(C)(C)C)C2)cc1=O. The van der Waals surface area contributed by atoms with Gasteiger partial charge in [0, 0.05) is 62.4 Å². The van der Waals surface area contributed by atoms with Crippen LogP contribution in [-0.2, 0) is 4.74 Å². The second-order valence-corrected chi connectivity index (χ2v) is 13.3. The number of pyridine rings is 2. The van der Waals surface area contributed by atoms with Gasteiger partial charge < -0.3 is 19.4 Å². The number of aromatic nitrogens is 5. The van der Waals surface area contributed by atoms with Crippen LogP contribution in [0.2, 0.25) is 0 Å². The molecular formula is C32H44N8O3. The fraction of sp³-hybridized carbons (Fsp3) is 0.594. The van der Waals surface area contributed by atoms with E-state index in [4.69, 9.17) is 4.74 Å². The lowest BCUT2D eigenvalue weighted by Gasteiger charge is -2.43. The molecule has 1 unspecified atom stereocenters. The standard InChI is InChI=1S/C32H44N8O3/c1-23(40-22-29(34-35-40)25-16-28(19-33-18-25)36-13-7-14-36)38-15-11-26(17-30(38)41)37-12-6-10-27(21-37)39(20-24-8-5-9-24)31(42)43-32(2,3)4/h11,15-19,22-24,27H,5-10,12-14,20-21H2,1-4H3/t23?,27-/m1/s1. The van der Waals surface area contributed by atoms with Gasteiger partial charge in [0.2, 0.25) is 0 Å². The summed E-state index contributed by atoms with van der Waals surface area (Å²) in [5.74, 6) is 0.548. The van der Waals surface area contributed by atoms with Gasteiger partial charge in [-0.25, -0.2) is 9.48 Å². The summed E-state index contributed by atoms with van der Waals surface area (Å²) in [7, 11) is 0. The molecule has 5 heterocycles. The summed E-state index contributed by atoms with van der Waals surface area (Å²) in [4.78, 5) is 37.5. The van der Waals surface area contributed by atoms with Gasteiger partial charge in [-0.2, -0.15) is 0 Å². The summed E-state index contributed by atoms with van der Waals surface area (Å²) in [5, 5.41) is 8.72. The van der Waals surface area contributed by atoms with Crippen LogP contribution in [0.15, 0.2) is 47.8 Å². The zero-order valence-corrected chi connectivity index (χ0v) is 25.9. The molecule has 0 aromatic carbocycles. The highest BCUT2D eigenvalue weighted by molar-refractivity contribution is 5.69. The molecule has 1 amide bonds. The van der Waals surface area contributed by atoms with Crippen molar-refractivity contribution in [2.75, 3.05) is 42.5 Å². The Morgan fingerprint density at radius 3 is 2.51 bits per heavy atom. The molecule has 3 fully saturated rings. The van der Waals surface area contributed by atoms with Crippen molar-refractivity contribution < 1.29 is 9.53 Å². The average Bonchev–Trinajstić information content (AvgIpc) is 3.41. The lowest BCUT2D eigenvalue weighted by molar-refractivity contribution is 0.00736. The maximum absolute atomic E-state index is 13.4. The zero-order chi connectivity index (χ0) is 30.1. The van der Waals surface area contributed by atoms with Crippen LogP contribution < -0.4 is 15.4 Å². The molecule has 3 aromatic rings. The van der Waals surface area contributed by atoms with Crippen molar-refractivity contribution in [1.29, 1.82) is 0 Å². The van der Waals surface area contributed by atoms with E-state index in [0.29, 0.717) is 12.5 Å². The third-order valence-corrected chi connectivity index (χ3v) is 8.98. The molecule has 230 valence electrons. The Labute approximate surface area is 253 Å². The number of ether oxygens (including phenoxy) is 1. The maximum atomic E-state index is 13.4. The van der Waals surface area contributed by atoms with Crippen LogP contribution in [0.1, 0.15) is 72.4 Å². The summed E-state index contributed by atoms with van der Waals surface area (Å²) in [6, 6.07) is 5.82. The first-order valence-corrected chi connectivity index (χ1v) is 15.7. The molecule has 11 heteroatoms. The number of rotatable bonds is 8. The molecular weight excluding hydrogens is 544 g/mol. The lowest BCUT2D eigenvalue weighted by atomic mass is 9.84. The van der Waals surface area contributed by atoms with Gasteiger partial charge in [-0.05, 0) is 77.8 Å². The van der Waals surface area contributed by atoms with Crippen LogP contribution in [0.3, 0.4) is 0 Å². The van der Waals surface area contributed by atoms with Gasteiger partial charge in [-0.15, -0.1) is 5.10 Å². The number of anilines is 2. The molecule has 11 nitrogen and oxygen atoms in total. The molecule has 6 rings (SSSR count). The van der Waals surface area contributed by atoms with E-state index in [1.807, 2.05) is 57.3 Å². The first-order valence-electron chi connectivity index (χ1n) is 15.7. The summed E-state index contributed by atoms with van der Waals surface area (Å²) < 4.78 is 9.20. The monoisotopic (exact) mass is 588 g/mol. The molecule has 0 radical (unpaired) electrons. The first kappa shape index (κ1) is 29.2. The Morgan fingerprint density at radius 1 is 1.05 bits per heavy atom. The van der Waals surface area contributed by atoms with Crippen molar-refractivity contribution in [1.82, 2.24) is 29.4 Å². The number of carbonyl (C=O) groups is 1. The predicted molar refractivity (Wildman–Crippen MR) is 166 cm³/mol. The van der Waals surface area contributed by atoms with Gasteiger partial charge in [0.1, 0.15) is 17.5 Å². The second kappa shape index (κ2) is 12.0. The highest BCUT2D eigenvalue weighted by atomic mass is 16.6. The fourth-order valence-corrected chi connectivity index (χ4v) is 6.11. The normalized spacial score (nSPS) is 19.9. The van der Waals surface area contributed by atoms with E-state index in [-0.39, 0.29) is 23.9 Å². The smallest absolute Gasteiger partial charge is 0.410 e. The molecule has 0 bridgehead atoms. The lowest BCUT2D eigenvalue weighted by Crippen LogP contribution is -2.53. The summed E-state index contributed by atoms with van der Waals surface area (Å²) in [6.07, 6.45) is 13.4. The molecule has 0 N–H and O–H groups in total. The van der Waals surface area contributed by atoms with Gasteiger partial charge >= 0.3 is 6.09 Å². The Balaban J connectivity index is 1.15. The zero-order valence-electron chi connectivity index (χ0n) is 25.9. The highest BCUT2D eigenvalue weighted by Gasteiger charge is 2.34. The number of piperidine rings is 1. The minimum absolute atomic E-state index is 0.0493. The van der Waals surface area contributed by atoms with Gasteiger partial charge in [-0.3, -0.25) is 14.3 Å². The molecule has 43 heavy (non-hydrogen) atoms. The topological polar surface area (TPSA) is 102 Å². The molecule has 2 atom stereocenters. The van der Waals surface area contributed by atoms with E-state index in [0.717, 1.165) is 61.7 Å². The highest BCUT2D eigenvalue weighted by Crippen LogP contribution is 2.31. The van der Waals surface area contributed by atoms with Gasteiger partial charge in [-0.1, -0.05) is 11.6 Å². The number of hydrogen-bond donors (Lipinski definition) is 0. The quantitative estimate of drug-likeness (QED) is 0.371. The van der Waals surface area contributed by atoms with E-state index in [2.05, 4.69) is 31.2 Å². The van der Waals surface area contributed by atoms with Crippen molar-refractivity contribution in [2.45, 2.75) is 84.0 Å². The van der Waals surface area contributed by atoms with E-state index >= 15 is 0 Å². The number of amides is 1. The summed E-state index contributed by atoms with van der Waals surface area (Å²) in [5.41, 5.74) is 2.95. The van der Waals surface area contributed by atoms with E-state index < -0.39 is 5.60 Å².